The Balaban J connectivity index is 2.71. The molecule has 0 radical (unpaired) electrons. The molecular weight excluding hydrogens is 298 g/mol. The number of anilines is 1. The molecule has 3 N–H and O–H groups in total. The topological polar surface area (TPSA) is 72.6 Å². The molecule has 0 bridgehead atoms. The van der Waals surface area contributed by atoms with Gasteiger partial charge in [0, 0.05) is 11.1 Å². The van der Waals surface area contributed by atoms with Gasteiger partial charge < -0.3 is 15.6 Å². The number of carbonyl (C=O) groups excluding carboxylic acids is 1. The van der Waals surface area contributed by atoms with Crippen molar-refractivity contribution >= 4 is 27.4 Å². The number of ether oxygens (including phenoxy) is 1. The first-order chi connectivity index (χ1) is 8.56. The van der Waals surface area contributed by atoms with E-state index in [0.29, 0.717) is 23.6 Å². The van der Waals surface area contributed by atoms with E-state index in [2.05, 4.69) is 15.9 Å². The van der Waals surface area contributed by atoms with Crippen LogP contribution in [-0.2, 0) is 0 Å². The maximum absolute atomic E-state index is 11.5. The molecule has 1 rings (SSSR count). The maximum atomic E-state index is 11.5. The number of benzene rings is 1. The highest BCUT2D eigenvalue weighted by Crippen LogP contribution is 2.31. The van der Waals surface area contributed by atoms with Crippen LogP contribution in [-0.4, -0.2) is 24.1 Å². The van der Waals surface area contributed by atoms with Crippen molar-refractivity contribution < 1.29 is 14.6 Å². The fourth-order valence-electron chi connectivity index (χ4n) is 1.60. The lowest BCUT2D eigenvalue weighted by atomic mass is 10.1. The molecule has 0 saturated carbocycles. The number of hydrogen-bond acceptors (Lipinski definition) is 4. The summed E-state index contributed by atoms with van der Waals surface area (Å²) in [6, 6.07) is 3.43. The summed E-state index contributed by atoms with van der Waals surface area (Å²) in [4.78, 5) is 11.5. The van der Waals surface area contributed by atoms with Crippen LogP contribution in [0, 0.1) is 0 Å². The van der Waals surface area contributed by atoms with Gasteiger partial charge in [-0.25, -0.2) is 0 Å². The average molecular weight is 316 g/mol. The molecule has 0 fully saturated rings. The van der Waals surface area contributed by atoms with E-state index in [4.69, 9.17) is 15.6 Å². The molecular formula is C13H18BrNO3. The molecule has 4 nitrogen and oxygen atoms in total. The molecule has 0 aromatic heterocycles. The Morgan fingerprint density at radius 3 is 2.72 bits per heavy atom. The zero-order valence-electron chi connectivity index (χ0n) is 10.4. The first-order valence-corrected chi connectivity index (χ1v) is 6.69. The minimum absolute atomic E-state index is 0.0756. The van der Waals surface area contributed by atoms with E-state index in [-0.39, 0.29) is 12.4 Å². The number of unbranched alkanes of at least 4 members (excludes halogenated alkanes) is 2. The molecule has 18 heavy (non-hydrogen) atoms. The number of Topliss-reactive ketones (excluding diaryl/α,β-unsaturated/α-hetero) is 1. The van der Waals surface area contributed by atoms with E-state index in [1.807, 2.05) is 0 Å². The van der Waals surface area contributed by atoms with E-state index in [1.165, 1.54) is 6.92 Å². The molecule has 0 atom stereocenters. The summed E-state index contributed by atoms with van der Waals surface area (Å²) in [5.41, 5.74) is 6.80. The second-order valence-corrected chi connectivity index (χ2v) is 4.98. The standard InChI is InChI=1S/C13H18BrNO3/c1-9(17)11-7-10(14)8-12(15)13(11)18-6-4-2-3-5-16/h7-8,16H,2-6,15H2,1H3. The van der Waals surface area contributed by atoms with Crippen molar-refractivity contribution in [3.8, 4) is 5.75 Å². The van der Waals surface area contributed by atoms with Crippen LogP contribution in [0.3, 0.4) is 0 Å². The first kappa shape index (κ1) is 15.0. The lowest BCUT2D eigenvalue weighted by Gasteiger charge is -2.13. The van der Waals surface area contributed by atoms with Gasteiger partial charge in [0.25, 0.3) is 0 Å². The number of nitrogens with two attached hydrogens (primary N) is 1. The predicted molar refractivity (Wildman–Crippen MR) is 75.0 cm³/mol. The highest BCUT2D eigenvalue weighted by atomic mass is 79.9. The van der Waals surface area contributed by atoms with E-state index in [0.717, 1.165) is 23.7 Å². The van der Waals surface area contributed by atoms with E-state index >= 15 is 0 Å². The van der Waals surface area contributed by atoms with Crippen LogP contribution in [0.1, 0.15) is 36.5 Å². The maximum Gasteiger partial charge on any atom is 0.163 e. The summed E-state index contributed by atoms with van der Waals surface area (Å²) in [6.45, 7) is 2.17. The van der Waals surface area contributed by atoms with E-state index in [9.17, 15) is 4.79 Å². The van der Waals surface area contributed by atoms with Gasteiger partial charge in [0.15, 0.2) is 11.5 Å². The Hall–Kier alpha value is -1.07. The van der Waals surface area contributed by atoms with Crippen molar-refractivity contribution in [3.63, 3.8) is 0 Å². The SMILES string of the molecule is CC(=O)c1cc(Br)cc(N)c1OCCCCCO. The monoisotopic (exact) mass is 315 g/mol. The third kappa shape index (κ3) is 4.31. The summed E-state index contributed by atoms with van der Waals surface area (Å²) < 4.78 is 6.34. The molecule has 5 heteroatoms. The molecule has 100 valence electrons. The van der Waals surface area contributed by atoms with Crippen LogP contribution in [0.15, 0.2) is 16.6 Å². The van der Waals surface area contributed by atoms with Gasteiger partial charge in [-0.1, -0.05) is 15.9 Å². The number of aliphatic hydroxyl groups is 1. The molecule has 0 heterocycles. The predicted octanol–water partition coefficient (Wildman–Crippen LogP) is 2.78. The molecule has 1 aromatic rings. The molecule has 1 aromatic carbocycles. The fourth-order valence-corrected chi connectivity index (χ4v) is 2.08. The van der Waals surface area contributed by atoms with Crippen molar-refractivity contribution in [3.05, 3.63) is 22.2 Å². The van der Waals surface area contributed by atoms with Gasteiger partial charge in [0.05, 0.1) is 17.9 Å². The molecule has 0 aliphatic heterocycles. The highest BCUT2D eigenvalue weighted by molar-refractivity contribution is 9.10. The summed E-state index contributed by atoms with van der Waals surface area (Å²) in [5.74, 6) is 0.378. The van der Waals surface area contributed by atoms with Crippen molar-refractivity contribution in [2.24, 2.45) is 0 Å². The van der Waals surface area contributed by atoms with E-state index < -0.39 is 0 Å². The minimum Gasteiger partial charge on any atom is -0.491 e. The number of halogens is 1. The molecule has 0 amide bonds. The third-order valence-corrected chi connectivity index (χ3v) is 2.97. The quantitative estimate of drug-likeness (QED) is 0.461. The largest absolute Gasteiger partial charge is 0.491 e. The molecule has 0 spiro atoms. The number of aliphatic hydroxyl groups excluding tert-OH is 1. The van der Waals surface area contributed by atoms with Crippen LogP contribution in [0.2, 0.25) is 0 Å². The molecule has 0 aliphatic carbocycles. The van der Waals surface area contributed by atoms with Gasteiger partial charge in [0.1, 0.15) is 0 Å². The van der Waals surface area contributed by atoms with Crippen molar-refractivity contribution in [1.29, 1.82) is 0 Å². The number of rotatable bonds is 7. The highest BCUT2D eigenvalue weighted by Gasteiger charge is 2.13. The zero-order valence-corrected chi connectivity index (χ0v) is 12.0. The molecule has 0 saturated heterocycles. The number of hydrogen-bond donors (Lipinski definition) is 2. The zero-order chi connectivity index (χ0) is 13.5. The van der Waals surface area contributed by atoms with Crippen molar-refractivity contribution in [1.82, 2.24) is 0 Å². The average Bonchev–Trinajstić information content (AvgIpc) is 2.30. The Kier molecular flexibility index (Phi) is 6.15. The second kappa shape index (κ2) is 7.38. The van der Waals surface area contributed by atoms with Gasteiger partial charge in [0.2, 0.25) is 0 Å². The smallest absolute Gasteiger partial charge is 0.163 e. The Labute approximate surface area is 115 Å². The Morgan fingerprint density at radius 2 is 2.11 bits per heavy atom. The summed E-state index contributed by atoms with van der Waals surface area (Å²) in [7, 11) is 0. The summed E-state index contributed by atoms with van der Waals surface area (Å²) in [6.07, 6.45) is 2.48. The van der Waals surface area contributed by atoms with Crippen LogP contribution in [0.5, 0.6) is 5.75 Å². The van der Waals surface area contributed by atoms with Crippen LogP contribution >= 0.6 is 15.9 Å². The normalized spacial score (nSPS) is 10.4. The lowest BCUT2D eigenvalue weighted by Crippen LogP contribution is -2.06. The third-order valence-electron chi connectivity index (χ3n) is 2.51. The second-order valence-electron chi connectivity index (χ2n) is 4.06. The summed E-state index contributed by atoms with van der Waals surface area (Å²) >= 11 is 3.30. The van der Waals surface area contributed by atoms with Crippen molar-refractivity contribution in [2.45, 2.75) is 26.2 Å². The van der Waals surface area contributed by atoms with Gasteiger partial charge in [-0.3, -0.25) is 4.79 Å². The molecule has 0 aliphatic rings. The first-order valence-electron chi connectivity index (χ1n) is 5.90. The van der Waals surface area contributed by atoms with Crippen LogP contribution in [0.4, 0.5) is 5.69 Å². The van der Waals surface area contributed by atoms with Crippen LogP contribution < -0.4 is 10.5 Å². The number of ketones is 1. The van der Waals surface area contributed by atoms with E-state index in [1.54, 1.807) is 12.1 Å². The van der Waals surface area contributed by atoms with Gasteiger partial charge >= 0.3 is 0 Å². The Morgan fingerprint density at radius 1 is 1.39 bits per heavy atom. The number of carbonyl (C=O) groups is 1. The number of nitrogen functional groups attached to an aromatic ring is 1. The van der Waals surface area contributed by atoms with Gasteiger partial charge in [-0.05, 0) is 38.3 Å². The van der Waals surface area contributed by atoms with Gasteiger partial charge in [-0.2, -0.15) is 0 Å². The fraction of sp³-hybridized carbons (Fsp3) is 0.462. The lowest BCUT2D eigenvalue weighted by molar-refractivity contribution is 0.101. The molecule has 0 unspecified atom stereocenters. The van der Waals surface area contributed by atoms with Crippen molar-refractivity contribution in [2.75, 3.05) is 18.9 Å². The Bertz CT molecular complexity index is 421. The van der Waals surface area contributed by atoms with Crippen LogP contribution in [0.25, 0.3) is 0 Å². The minimum atomic E-state index is -0.0756. The van der Waals surface area contributed by atoms with Gasteiger partial charge in [-0.15, -0.1) is 0 Å². The summed E-state index contributed by atoms with van der Waals surface area (Å²) in [5, 5.41) is 8.66.